The fourth-order valence-corrected chi connectivity index (χ4v) is 1.53. The van der Waals surface area contributed by atoms with E-state index in [1.807, 2.05) is 18.2 Å². The van der Waals surface area contributed by atoms with E-state index in [9.17, 15) is 0 Å². The number of hydrogen-bond donors (Lipinski definition) is 1. The molecule has 0 radical (unpaired) electrons. The van der Waals surface area contributed by atoms with Crippen molar-refractivity contribution >= 4 is 0 Å². The maximum Gasteiger partial charge on any atom is 0.213 e. The minimum Gasteiger partial charge on any atom is -0.478 e. The van der Waals surface area contributed by atoms with Crippen LogP contribution in [0.2, 0.25) is 0 Å². The zero-order chi connectivity index (χ0) is 14.1. The Morgan fingerprint density at radius 2 is 2.11 bits per heavy atom. The number of nitrogens with zero attached hydrogens (tertiary/aromatic N) is 1. The molecule has 0 spiro atoms. The van der Waals surface area contributed by atoms with Crippen LogP contribution in [-0.2, 0) is 11.3 Å². The zero-order valence-electron chi connectivity index (χ0n) is 12.5. The van der Waals surface area contributed by atoms with Gasteiger partial charge in [-0.2, -0.15) is 0 Å². The summed E-state index contributed by atoms with van der Waals surface area (Å²) in [5.74, 6) is 0.683. The Bertz CT molecular complexity index is 367. The lowest BCUT2D eigenvalue weighted by atomic mass is 10.1. The van der Waals surface area contributed by atoms with Crippen LogP contribution in [0.15, 0.2) is 18.2 Å². The van der Waals surface area contributed by atoms with Crippen LogP contribution in [0.1, 0.15) is 39.3 Å². The lowest BCUT2D eigenvalue weighted by Crippen LogP contribution is -2.25. The molecule has 108 valence electrons. The molecule has 1 heterocycles. The summed E-state index contributed by atoms with van der Waals surface area (Å²) >= 11 is 0. The smallest absolute Gasteiger partial charge is 0.213 e. The summed E-state index contributed by atoms with van der Waals surface area (Å²) in [7, 11) is 1.72. The van der Waals surface area contributed by atoms with Gasteiger partial charge in [0.15, 0.2) is 0 Å². The Kier molecular flexibility index (Phi) is 6.81. The Morgan fingerprint density at radius 3 is 2.79 bits per heavy atom. The Hall–Kier alpha value is -1.13. The van der Waals surface area contributed by atoms with Gasteiger partial charge in [0, 0.05) is 26.1 Å². The molecule has 0 aliphatic heterocycles. The van der Waals surface area contributed by atoms with Crippen molar-refractivity contribution in [3.05, 3.63) is 23.9 Å². The first-order chi connectivity index (χ1) is 9.07. The zero-order valence-corrected chi connectivity index (χ0v) is 12.5. The van der Waals surface area contributed by atoms with Crippen molar-refractivity contribution in [2.75, 3.05) is 20.3 Å². The van der Waals surface area contributed by atoms with Crippen molar-refractivity contribution in [2.45, 2.75) is 45.8 Å². The maximum absolute atomic E-state index is 5.67. The summed E-state index contributed by atoms with van der Waals surface area (Å²) in [6.45, 7) is 8.66. The third-order valence-corrected chi connectivity index (χ3v) is 3.02. The molecule has 19 heavy (non-hydrogen) atoms. The molecule has 1 aromatic heterocycles. The predicted octanol–water partition coefficient (Wildman–Crippen LogP) is 2.78. The highest BCUT2D eigenvalue weighted by Crippen LogP contribution is 2.14. The highest BCUT2D eigenvalue weighted by atomic mass is 16.5. The average molecular weight is 266 g/mol. The molecule has 0 fully saturated rings. The van der Waals surface area contributed by atoms with Crippen LogP contribution in [0.25, 0.3) is 0 Å². The van der Waals surface area contributed by atoms with Crippen LogP contribution in [0.4, 0.5) is 0 Å². The molecular weight excluding hydrogens is 240 g/mol. The molecule has 0 saturated heterocycles. The second kappa shape index (κ2) is 8.12. The Morgan fingerprint density at radius 1 is 1.32 bits per heavy atom. The molecule has 0 aromatic carbocycles. The molecule has 0 aliphatic rings. The van der Waals surface area contributed by atoms with E-state index in [4.69, 9.17) is 9.47 Å². The van der Waals surface area contributed by atoms with Crippen LogP contribution in [0.5, 0.6) is 5.88 Å². The summed E-state index contributed by atoms with van der Waals surface area (Å²) in [5.41, 5.74) is 0.859. The van der Waals surface area contributed by atoms with Gasteiger partial charge >= 0.3 is 0 Å². The maximum atomic E-state index is 5.67. The van der Waals surface area contributed by atoms with Crippen molar-refractivity contribution in [1.82, 2.24) is 10.3 Å². The molecular formula is C15H26N2O2. The van der Waals surface area contributed by atoms with Crippen molar-refractivity contribution in [2.24, 2.45) is 0 Å². The van der Waals surface area contributed by atoms with Crippen molar-refractivity contribution in [1.29, 1.82) is 0 Å². The molecule has 1 N–H and O–H groups in total. The number of aromatic nitrogens is 1. The normalized spacial score (nSPS) is 11.6. The minimum atomic E-state index is -0.152. The van der Waals surface area contributed by atoms with Crippen molar-refractivity contribution in [3.63, 3.8) is 0 Å². The van der Waals surface area contributed by atoms with Gasteiger partial charge in [0.25, 0.3) is 0 Å². The first-order valence-electron chi connectivity index (χ1n) is 6.92. The van der Waals surface area contributed by atoms with Crippen LogP contribution in [0, 0.1) is 0 Å². The molecule has 4 heteroatoms. The summed E-state index contributed by atoms with van der Waals surface area (Å²) < 4.78 is 11.0. The van der Waals surface area contributed by atoms with Gasteiger partial charge in [0.1, 0.15) is 0 Å². The lowest BCUT2D eigenvalue weighted by Gasteiger charge is -2.22. The van der Waals surface area contributed by atoms with Crippen molar-refractivity contribution < 1.29 is 9.47 Å². The summed E-state index contributed by atoms with van der Waals surface area (Å²) in [6, 6.07) is 5.88. The number of nitrogens with one attached hydrogen (secondary N) is 1. The molecule has 0 unspecified atom stereocenters. The minimum absolute atomic E-state index is 0.152. The van der Waals surface area contributed by atoms with Gasteiger partial charge in [0.2, 0.25) is 5.88 Å². The predicted molar refractivity (Wildman–Crippen MR) is 77.4 cm³/mol. The van der Waals surface area contributed by atoms with Crippen LogP contribution in [0.3, 0.4) is 0 Å². The van der Waals surface area contributed by atoms with Gasteiger partial charge in [-0.05, 0) is 32.9 Å². The third kappa shape index (κ3) is 6.55. The molecule has 0 amide bonds. The first kappa shape index (κ1) is 15.9. The molecule has 0 bridgehead atoms. The van der Waals surface area contributed by atoms with Crippen LogP contribution >= 0.6 is 0 Å². The number of methoxy groups -OCH3 is 1. The standard InChI is InChI=1S/C15H26N2O2/c1-5-10-16-12-13-7-6-8-14(17-13)19-11-9-15(2,3)18-4/h6-8,16H,5,9-12H2,1-4H3. The molecule has 1 rings (SSSR count). The fraction of sp³-hybridized carbons (Fsp3) is 0.667. The van der Waals surface area contributed by atoms with Gasteiger partial charge in [-0.15, -0.1) is 0 Å². The van der Waals surface area contributed by atoms with Crippen molar-refractivity contribution in [3.8, 4) is 5.88 Å². The second-order valence-corrected chi connectivity index (χ2v) is 5.21. The monoisotopic (exact) mass is 266 g/mol. The van der Waals surface area contributed by atoms with E-state index in [1.165, 1.54) is 0 Å². The second-order valence-electron chi connectivity index (χ2n) is 5.21. The summed E-state index contributed by atoms with van der Waals surface area (Å²) in [6.07, 6.45) is 1.96. The largest absolute Gasteiger partial charge is 0.478 e. The highest BCUT2D eigenvalue weighted by Gasteiger charge is 2.16. The van der Waals surface area contributed by atoms with E-state index >= 15 is 0 Å². The quantitative estimate of drug-likeness (QED) is 0.698. The fourth-order valence-electron chi connectivity index (χ4n) is 1.53. The van der Waals surface area contributed by atoms with E-state index in [0.717, 1.165) is 31.6 Å². The van der Waals surface area contributed by atoms with Gasteiger partial charge in [-0.25, -0.2) is 4.98 Å². The van der Waals surface area contributed by atoms with E-state index < -0.39 is 0 Å². The van der Waals surface area contributed by atoms with E-state index in [-0.39, 0.29) is 5.60 Å². The van der Waals surface area contributed by atoms with Gasteiger partial charge < -0.3 is 14.8 Å². The van der Waals surface area contributed by atoms with Gasteiger partial charge in [0.05, 0.1) is 17.9 Å². The molecule has 4 nitrogen and oxygen atoms in total. The van der Waals surface area contributed by atoms with Gasteiger partial charge in [-0.3, -0.25) is 0 Å². The third-order valence-electron chi connectivity index (χ3n) is 3.02. The van der Waals surface area contributed by atoms with Gasteiger partial charge in [-0.1, -0.05) is 13.0 Å². The van der Waals surface area contributed by atoms with Crippen LogP contribution < -0.4 is 10.1 Å². The number of pyridine rings is 1. The number of ether oxygens (including phenoxy) is 2. The molecule has 0 atom stereocenters. The average Bonchev–Trinajstić information content (AvgIpc) is 2.39. The lowest BCUT2D eigenvalue weighted by molar-refractivity contribution is 0.00507. The molecule has 1 aromatic rings. The van der Waals surface area contributed by atoms with E-state index in [1.54, 1.807) is 7.11 Å². The molecule has 0 aliphatic carbocycles. The first-order valence-corrected chi connectivity index (χ1v) is 6.92. The van der Waals surface area contributed by atoms with E-state index in [2.05, 4.69) is 31.1 Å². The Balaban J connectivity index is 2.39. The number of rotatable bonds is 9. The topological polar surface area (TPSA) is 43.4 Å². The highest BCUT2D eigenvalue weighted by molar-refractivity contribution is 5.15. The SMILES string of the molecule is CCCNCc1cccc(OCCC(C)(C)OC)n1. The number of hydrogen-bond acceptors (Lipinski definition) is 4. The summed E-state index contributed by atoms with van der Waals surface area (Å²) in [4.78, 5) is 4.46. The van der Waals surface area contributed by atoms with Crippen LogP contribution in [-0.4, -0.2) is 30.8 Å². The summed E-state index contributed by atoms with van der Waals surface area (Å²) in [5, 5.41) is 3.33. The molecule has 0 saturated carbocycles. The van der Waals surface area contributed by atoms with E-state index in [0.29, 0.717) is 12.5 Å². The Labute approximate surface area is 116 Å².